The zero-order valence-electron chi connectivity index (χ0n) is 12.5. The van der Waals surface area contributed by atoms with Crippen LogP contribution in [-0.4, -0.2) is 20.5 Å². The smallest absolute Gasteiger partial charge is 0.166 e. The number of carbonyl (C=O) groups is 1. The minimum atomic E-state index is 0.0356. The summed E-state index contributed by atoms with van der Waals surface area (Å²) in [6, 6.07) is 8.02. The SMILES string of the molecule is CCCn1ncnc1CC1CCCc2ccccc2C1=O. The molecule has 0 aliphatic heterocycles. The molecule has 1 aromatic heterocycles. The van der Waals surface area contributed by atoms with Gasteiger partial charge in [0.1, 0.15) is 12.2 Å². The minimum absolute atomic E-state index is 0.0356. The highest BCUT2D eigenvalue weighted by Gasteiger charge is 2.26. The maximum atomic E-state index is 12.8. The molecule has 0 N–H and O–H groups in total. The molecule has 110 valence electrons. The van der Waals surface area contributed by atoms with Crippen molar-refractivity contribution in [3.63, 3.8) is 0 Å². The van der Waals surface area contributed by atoms with Crippen LogP contribution in [0.1, 0.15) is 47.9 Å². The van der Waals surface area contributed by atoms with Crippen LogP contribution in [-0.2, 0) is 19.4 Å². The van der Waals surface area contributed by atoms with Gasteiger partial charge in [-0.3, -0.25) is 9.48 Å². The predicted octanol–water partition coefficient (Wildman–Crippen LogP) is 3.07. The van der Waals surface area contributed by atoms with E-state index in [0.29, 0.717) is 6.42 Å². The summed E-state index contributed by atoms with van der Waals surface area (Å²) in [6.07, 6.45) is 6.33. The van der Waals surface area contributed by atoms with E-state index in [-0.39, 0.29) is 11.7 Å². The standard InChI is InChI=1S/C17H21N3O/c1-2-10-20-16(18-12-19-20)11-14-8-5-7-13-6-3-4-9-15(13)17(14)21/h3-4,6,9,12,14H,2,5,7-8,10-11H2,1H3. The lowest BCUT2D eigenvalue weighted by Gasteiger charge is -2.13. The van der Waals surface area contributed by atoms with Gasteiger partial charge in [-0.05, 0) is 31.2 Å². The Morgan fingerprint density at radius 1 is 1.33 bits per heavy atom. The molecular weight excluding hydrogens is 262 g/mol. The van der Waals surface area contributed by atoms with Gasteiger partial charge in [0.25, 0.3) is 0 Å². The Labute approximate surface area is 125 Å². The lowest BCUT2D eigenvalue weighted by molar-refractivity contribution is 0.0913. The van der Waals surface area contributed by atoms with Gasteiger partial charge in [-0.15, -0.1) is 0 Å². The van der Waals surface area contributed by atoms with E-state index in [0.717, 1.165) is 43.6 Å². The second-order valence-electron chi connectivity index (χ2n) is 5.71. The number of ketones is 1. The van der Waals surface area contributed by atoms with Gasteiger partial charge >= 0.3 is 0 Å². The Morgan fingerprint density at radius 3 is 3.05 bits per heavy atom. The van der Waals surface area contributed by atoms with Crippen LogP contribution in [0.2, 0.25) is 0 Å². The maximum Gasteiger partial charge on any atom is 0.166 e. The Kier molecular flexibility index (Phi) is 4.13. The third kappa shape index (κ3) is 2.89. The second-order valence-corrected chi connectivity index (χ2v) is 5.71. The number of carbonyl (C=O) groups excluding carboxylic acids is 1. The van der Waals surface area contributed by atoms with Crippen molar-refractivity contribution in [3.8, 4) is 0 Å². The highest BCUT2D eigenvalue weighted by Crippen LogP contribution is 2.26. The fraction of sp³-hybridized carbons (Fsp3) is 0.471. The fourth-order valence-corrected chi connectivity index (χ4v) is 3.13. The Hall–Kier alpha value is -1.97. The third-order valence-corrected chi connectivity index (χ3v) is 4.21. The van der Waals surface area contributed by atoms with E-state index < -0.39 is 0 Å². The Morgan fingerprint density at radius 2 is 2.19 bits per heavy atom. The lowest BCUT2D eigenvalue weighted by atomic mass is 9.92. The van der Waals surface area contributed by atoms with Crippen LogP contribution in [0.25, 0.3) is 0 Å². The number of aryl methyl sites for hydroxylation is 2. The average Bonchev–Trinajstić information content (AvgIpc) is 2.87. The number of Topliss-reactive ketones (excluding diaryl/α,β-unsaturated/α-hetero) is 1. The number of hydrogen-bond donors (Lipinski definition) is 0. The summed E-state index contributed by atoms with van der Waals surface area (Å²) in [7, 11) is 0. The first-order chi connectivity index (χ1) is 10.3. The molecule has 1 atom stereocenters. The van der Waals surface area contributed by atoms with E-state index in [1.807, 2.05) is 22.9 Å². The summed E-state index contributed by atoms with van der Waals surface area (Å²) in [4.78, 5) is 17.1. The lowest BCUT2D eigenvalue weighted by Crippen LogP contribution is -2.19. The van der Waals surface area contributed by atoms with Crippen molar-refractivity contribution in [2.45, 2.75) is 45.6 Å². The van der Waals surface area contributed by atoms with Gasteiger partial charge in [0.15, 0.2) is 5.78 Å². The molecule has 1 aliphatic rings. The minimum Gasteiger partial charge on any atom is -0.294 e. The van der Waals surface area contributed by atoms with Gasteiger partial charge in [-0.2, -0.15) is 5.10 Å². The normalized spacial score (nSPS) is 18.3. The van der Waals surface area contributed by atoms with E-state index in [4.69, 9.17) is 0 Å². The molecule has 0 amide bonds. The van der Waals surface area contributed by atoms with Crippen molar-refractivity contribution in [2.75, 3.05) is 0 Å². The summed E-state index contributed by atoms with van der Waals surface area (Å²) >= 11 is 0. The third-order valence-electron chi connectivity index (χ3n) is 4.21. The van der Waals surface area contributed by atoms with Crippen molar-refractivity contribution in [3.05, 3.63) is 47.5 Å². The largest absolute Gasteiger partial charge is 0.294 e. The van der Waals surface area contributed by atoms with Crippen molar-refractivity contribution < 1.29 is 4.79 Å². The molecule has 1 heterocycles. The quantitative estimate of drug-likeness (QED) is 0.810. The second kappa shape index (κ2) is 6.20. The van der Waals surface area contributed by atoms with Crippen molar-refractivity contribution in [1.29, 1.82) is 0 Å². The molecular formula is C17H21N3O. The van der Waals surface area contributed by atoms with Crippen LogP contribution in [0.4, 0.5) is 0 Å². The first kappa shape index (κ1) is 14.0. The molecule has 1 aliphatic carbocycles. The number of fused-ring (bicyclic) bond motifs is 1. The molecule has 1 unspecified atom stereocenters. The summed E-state index contributed by atoms with van der Waals surface area (Å²) in [6.45, 7) is 2.99. The summed E-state index contributed by atoms with van der Waals surface area (Å²) in [5.41, 5.74) is 2.10. The van der Waals surface area contributed by atoms with Crippen LogP contribution in [0.5, 0.6) is 0 Å². The zero-order chi connectivity index (χ0) is 14.7. The van der Waals surface area contributed by atoms with Crippen molar-refractivity contribution in [2.24, 2.45) is 5.92 Å². The number of rotatable bonds is 4. The number of benzene rings is 1. The molecule has 0 saturated heterocycles. The van der Waals surface area contributed by atoms with E-state index in [1.54, 1.807) is 6.33 Å². The first-order valence-corrected chi connectivity index (χ1v) is 7.78. The molecule has 0 radical (unpaired) electrons. The number of aromatic nitrogens is 3. The van der Waals surface area contributed by atoms with Crippen molar-refractivity contribution in [1.82, 2.24) is 14.8 Å². The van der Waals surface area contributed by atoms with Gasteiger partial charge in [0, 0.05) is 24.4 Å². The highest BCUT2D eigenvalue weighted by atomic mass is 16.1. The molecule has 0 saturated carbocycles. The van der Waals surface area contributed by atoms with Gasteiger partial charge < -0.3 is 0 Å². The number of hydrogen-bond acceptors (Lipinski definition) is 3. The maximum absolute atomic E-state index is 12.8. The molecule has 0 fully saturated rings. The number of nitrogens with zero attached hydrogens (tertiary/aromatic N) is 3. The summed E-state index contributed by atoms with van der Waals surface area (Å²) < 4.78 is 1.93. The zero-order valence-corrected chi connectivity index (χ0v) is 12.5. The highest BCUT2D eigenvalue weighted by molar-refractivity contribution is 5.99. The van der Waals surface area contributed by atoms with E-state index in [2.05, 4.69) is 23.1 Å². The van der Waals surface area contributed by atoms with E-state index in [1.165, 1.54) is 5.56 Å². The van der Waals surface area contributed by atoms with Crippen LogP contribution in [0, 0.1) is 5.92 Å². The molecule has 4 heteroatoms. The van der Waals surface area contributed by atoms with Crippen LogP contribution >= 0.6 is 0 Å². The molecule has 0 spiro atoms. The molecule has 21 heavy (non-hydrogen) atoms. The van der Waals surface area contributed by atoms with Crippen LogP contribution < -0.4 is 0 Å². The van der Waals surface area contributed by atoms with Crippen LogP contribution in [0.15, 0.2) is 30.6 Å². The van der Waals surface area contributed by atoms with Gasteiger partial charge in [-0.25, -0.2) is 4.98 Å². The van der Waals surface area contributed by atoms with Gasteiger partial charge in [0.05, 0.1) is 0 Å². The molecule has 3 rings (SSSR count). The first-order valence-electron chi connectivity index (χ1n) is 7.78. The fourth-order valence-electron chi connectivity index (χ4n) is 3.13. The summed E-state index contributed by atoms with van der Waals surface area (Å²) in [5, 5.41) is 4.26. The molecule has 1 aromatic carbocycles. The summed E-state index contributed by atoms with van der Waals surface area (Å²) in [5.74, 6) is 1.25. The van der Waals surface area contributed by atoms with E-state index >= 15 is 0 Å². The average molecular weight is 283 g/mol. The molecule has 2 aromatic rings. The monoisotopic (exact) mass is 283 g/mol. The van der Waals surface area contributed by atoms with Crippen molar-refractivity contribution >= 4 is 5.78 Å². The van der Waals surface area contributed by atoms with Crippen LogP contribution in [0.3, 0.4) is 0 Å². The Bertz CT molecular complexity index is 632. The Balaban J connectivity index is 1.83. The van der Waals surface area contributed by atoms with Gasteiger partial charge in [-0.1, -0.05) is 31.2 Å². The molecule has 4 nitrogen and oxygen atoms in total. The molecule has 0 bridgehead atoms. The van der Waals surface area contributed by atoms with Gasteiger partial charge in [0.2, 0.25) is 0 Å². The predicted molar refractivity (Wildman–Crippen MR) is 81.2 cm³/mol. The topological polar surface area (TPSA) is 47.8 Å². The van der Waals surface area contributed by atoms with E-state index in [9.17, 15) is 4.79 Å².